The maximum atomic E-state index is 13.2. The van der Waals surface area contributed by atoms with Crippen LogP contribution in [-0.4, -0.2) is 33.0 Å². The maximum Gasteiger partial charge on any atom is 0.263 e. The molecule has 138 valence electrons. The molecule has 0 unspecified atom stereocenters. The van der Waals surface area contributed by atoms with Crippen molar-refractivity contribution in [3.63, 3.8) is 0 Å². The summed E-state index contributed by atoms with van der Waals surface area (Å²) in [6, 6.07) is 0. The summed E-state index contributed by atoms with van der Waals surface area (Å²) < 4.78 is 32.9. The molecule has 1 aliphatic heterocycles. The smallest absolute Gasteiger partial charge is 0.263 e. The second kappa shape index (κ2) is 8.74. The van der Waals surface area contributed by atoms with Crippen LogP contribution >= 0.6 is 11.6 Å². The highest BCUT2D eigenvalue weighted by atomic mass is 35.5. The Hall–Kier alpha value is -1.50. The van der Waals surface area contributed by atoms with Gasteiger partial charge in [-0.15, -0.1) is 0 Å². The molecule has 0 amide bonds. The van der Waals surface area contributed by atoms with Crippen LogP contribution in [-0.2, 0) is 14.8 Å². The fraction of sp³-hybridized carbons (Fsp3) is 0.444. The van der Waals surface area contributed by atoms with E-state index in [1.54, 1.807) is 19.3 Å². The van der Waals surface area contributed by atoms with Crippen molar-refractivity contribution in [3.8, 4) is 0 Å². The minimum atomic E-state index is -3.65. The summed E-state index contributed by atoms with van der Waals surface area (Å²) in [5.74, 6) is 0. The number of methoxy groups -OCH3 is 1. The van der Waals surface area contributed by atoms with Gasteiger partial charge in [-0.25, -0.2) is 8.42 Å². The van der Waals surface area contributed by atoms with Gasteiger partial charge in [-0.2, -0.15) is 0 Å². The van der Waals surface area contributed by atoms with Crippen molar-refractivity contribution in [1.29, 1.82) is 0 Å². The average molecular weight is 385 g/mol. The zero-order chi connectivity index (χ0) is 18.4. The Kier molecular flexibility index (Phi) is 6.93. The molecule has 1 aliphatic carbocycles. The van der Waals surface area contributed by atoms with Gasteiger partial charge >= 0.3 is 0 Å². The summed E-state index contributed by atoms with van der Waals surface area (Å²) in [7, 11) is -2.02. The van der Waals surface area contributed by atoms with E-state index in [4.69, 9.17) is 22.1 Å². The zero-order valence-corrected chi connectivity index (χ0v) is 16.2. The van der Waals surface area contributed by atoms with Crippen LogP contribution in [0.15, 0.2) is 57.3 Å². The lowest BCUT2D eigenvalue weighted by Crippen LogP contribution is -2.31. The van der Waals surface area contributed by atoms with E-state index in [0.29, 0.717) is 30.3 Å². The minimum absolute atomic E-state index is 0.229. The molecule has 0 radical (unpaired) electrons. The van der Waals surface area contributed by atoms with Crippen LogP contribution in [0.1, 0.15) is 32.6 Å². The van der Waals surface area contributed by atoms with Crippen molar-refractivity contribution in [2.75, 3.05) is 20.3 Å². The number of halogens is 1. The Labute approximate surface area is 155 Å². The SMILES string of the molecule is COC/C=C\C1=C(C)N(S(=O)(=O)C2=CCC(N)=C(Cl)C=C2)CCCC1. The van der Waals surface area contributed by atoms with Crippen molar-refractivity contribution < 1.29 is 13.2 Å². The van der Waals surface area contributed by atoms with Crippen LogP contribution in [0.3, 0.4) is 0 Å². The summed E-state index contributed by atoms with van der Waals surface area (Å²) in [4.78, 5) is 0.229. The molecule has 25 heavy (non-hydrogen) atoms. The second-order valence-corrected chi connectivity index (χ2v) is 8.29. The molecule has 0 aromatic heterocycles. The van der Waals surface area contributed by atoms with E-state index in [-0.39, 0.29) is 4.91 Å². The first-order valence-electron chi connectivity index (χ1n) is 8.28. The van der Waals surface area contributed by atoms with Gasteiger partial charge < -0.3 is 10.5 Å². The summed E-state index contributed by atoms with van der Waals surface area (Å²) in [5.41, 5.74) is 8.06. The third-order valence-electron chi connectivity index (χ3n) is 4.29. The van der Waals surface area contributed by atoms with Gasteiger partial charge in [-0.1, -0.05) is 29.8 Å². The molecule has 7 heteroatoms. The minimum Gasteiger partial charge on any atom is -0.401 e. The zero-order valence-electron chi connectivity index (χ0n) is 14.7. The highest BCUT2D eigenvalue weighted by molar-refractivity contribution is 7.93. The highest BCUT2D eigenvalue weighted by Crippen LogP contribution is 2.30. The van der Waals surface area contributed by atoms with Crippen LogP contribution < -0.4 is 5.73 Å². The molecular weight excluding hydrogens is 360 g/mol. The lowest BCUT2D eigenvalue weighted by Gasteiger charge is -2.25. The fourth-order valence-electron chi connectivity index (χ4n) is 2.83. The molecule has 0 fully saturated rings. The van der Waals surface area contributed by atoms with E-state index in [0.717, 1.165) is 30.5 Å². The van der Waals surface area contributed by atoms with Gasteiger partial charge in [0.05, 0.1) is 16.5 Å². The van der Waals surface area contributed by atoms with Crippen LogP contribution in [0.4, 0.5) is 0 Å². The van der Waals surface area contributed by atoms with Crippen molar-refractivity contribution >= 4 is 21.6 Å². The third kappa shape index (κ3) is 4.77. The molecule has 0 saturated carbocycles. The number of allylic oxidation sites excluding steroid dienone is 7. The Morgan fingerprint density at radius 1 is 1.36 bits per heavy atom. The van der Waals surface area contributed by atoms with E-state index in [1.165, 1.54) is 10.4 Å². The van der Waals surface area contributed by atoms with E-state index in [1.807, 2.05) is 19.1 Å². The number of hydrogen-bond donors (Lipinski definition) is 1. The number of hydrogen-bond acceptors (Lipinski definition) is 4. The van der Waals surface area contributed by atoms with Gasteiger partial charge in [-0.3, -0.25) is 4.31 Å². The van der Waals surface area contributed by atoms with Gasteiger partial charge in [0.15, 0.2) is 0 Å². The lowest BCUT2D eigenvalue weighted by molar-refractivity contribution is 0.234. The number of nitrogens with zero attached hydrogens (tertiary/aromatic N) is 1. The highest BCUT2D eigenvalue weighted by Gasteiger charge is 2.28. The number of ether oxygens (including phenoxy) is 1. The molecule has 0 saturated heterocycles. The monoisotopic (exact) mass is 384 g/mol. The Balaban J connectivity index is 2.37. The van der Waals surface area contributed by atoms with E-state index in [2.05, 4.69) is 0 Å². The molecule has 5 nitrogen and oxygen atoms in total. The van der Waals surface area contributed by atoms with Crippen molar-refractivity contribution in [1.82, 2.24) is 4.31 Å². The Bertz CT molecular complexity index is 761. The molecule has 2 aliphatic rings. The molecule has 1 heterocycles. The largest absolute Gasteiger partial charge is 0.401 e. The van der Waals surface area contributed by atoms with E-state index >= 15 is 0 Å². The predicted molar refractivity (Wildman–Crippen MR) is 102 cm³/mol. The lowest BCUT2D eigenvalue weighted by atomic mass is 10.1. The molecule has 2 N–H and O–H groups in total. The first kappa shape index (κ1) is 19.8. The number of nitrogens with two attached hydrogens (primary N) is 1. The van der Waals surface area contributed by atoms with Gasteiger partial charge in [0.25, 0.3) is 10.0 Å². The molecule has 0 spiro atoms. The van der Waals surface area contributed by atoms with Crippen LogP contribution in [0.25, 0.3) is 0 Å². The molecule has 2 rings (SSSR count). The molecule has 0 atom stereocenters. The first-order chi connectivity index (χ1) is 11.9. The number of rotatable bonds is 5. The topological polar surface area (TPSA) is 72.6 Å². The second-order valence-electron chi connectivity index (χ2n) is 6.02. The van der Waals surface area contributed by atoms with Gasteiger partial charge in [0.2, 0.25) is 0 Å². The normalized spacial score (nSPS) is 20.1. The predicted octanol–water partition coefficient (Wildman–Crippen LogP) is 3.53. The quantitative estimate of drug-likeness (QED) is 0.786. The summed E-state index contributed by atoms with van der Waals surface area (Å²) in [6.07, 6.45) is 11.5. The molecule has 0 aromatic rings. The van der Waals surface area contributed by atoms with Gasteiger partial charge in [-0.05, 0) is 43.9 Å². The van der Waals surface area contributed by atoms with E-state index < -0.39 is 10.0 Å². The maximum absolute atomic E-state index is 13.2. The van der Waals surface area contributed by atoms with Gasteiger partial charge in [0.1, 0.15) is 0 Å². The Morgan fingerprint density at radius 3 is 2.84 bits per heavy atom. The Morgan fingerprint density at radius 2 is 2.12 bits per heavy atom. The van der Waals surface area contributed by atoms with Crippen molar-refractivity contribution in [2.45, 2.75) is 32.6 Å². The van der Waals surface area contributed by atoms with Crippen molar-refractivity contribution in [3.05, 3.63) is 57.3 Å². The van der Waals surface area contributed by atoms with E-state index in [9.17, 15) is 8.42 Å². The van der Waals surface area contributed by atoms with Gasteiger partial charge in [0, 0.05) is 31.5 Å². The summed E-state index contributed by atoms with van der Waals surface area (Å²) >= 11 is 6.02. The van der Waals surface area contributed by atoms with Crippen LogP contribution in [0.2, 0.25) is 0 Å². The molecule has 0 aromatic carbocycles. The average Bonchev–Trinajstić information content (AvgIpc) is 2.86. The third-order valence-corrected chi connectivity index (χ3v) is 6.59. The fourth-order valence-corrected chi connectivity index (χ4v) is 4.60. The van der Waals surface area contributed by atoms with Crippen molar-refractivity contribution in [2.24, 2.45) is 5.73 Å². The molecular formula is C18H25ClN2O3S. The van der Waals surface area contributed by atoms with Crippen LogP contribution in [0.5, 0.6) is 0 Å². The standard InChI is InChI=1S/C18H25ClN2O3S/c1-14-15(7-5-13-24-2)6-3-4-12-21(14)25(22,23)16-8-10-17(19)18(20)11-9-16/h5,7-10H,3-4,6,11-13,20H2,1-2H3/b7-5-. The number of sulfonamides is 1. The first-order valence-corrected chi connectivity index (χ1v) is 10.1. The summed E-state index contributed by atoms with van der Waals surface area (Å²) in [6.45, 7) is 2.83. The molecule has 0 bridgehead atoms. The summed E-state index contributed by atoms with van der Waals surface area (Å²) in [5, 5.41) is 0.382. The van der Waals surface area contributed by atoms with Crippen LogP contribution in [0, 0.1) is 0 Å².